The predicted octanol–water partition coefficient (Wildman–Crippen LogP) is 6.26. The highest BCUT2D eigenvalue weighted by Gasteiger charge is 2.33. The average molecular weight is 693 g/mol. The first kappa shape index (κ1) is 31.5. The van der Waals surface area contributed by atoms with Gasteiger partial charge in [0.1, 0.15) is 11.6 Å². The summed E-state index contributed by atoms with van der Waals surface area (Å²) < 4.78 is 12.6. The van der Waals surface area contributed by atoms with Crippen molar-refractivity contribution in [2.45, 2.75) is 56.8 Å². The van der Waals surface area contributed by atoms with Gasteiger partial charge in [-0.25, -0.2) is 0 Å². The Morgan fingerprint density at radius 3 is 2.58 bits per heavy atom. The van der Waals surface area contributed by atoms with E-state index in [9.17, 15) is 15.0 Å². The number of nitrogens with one attached hydrogen (secondary N) is 1. The molecule has 234 valence electrons. The number of carboxylic acids is 1. The van der Waals surface area contributed by atoms with Gasteiger partial charge < -0.3 is 25.4 Å². The summed E-state index contributed by atoms with van der Waals surface area (Å²) in [5.41, 5.74) is 14.4. The summed E-state index contributed by atoms with van der Waals surface area (Å²) in [5.74, 6) is -0.481. The molecule has 4 aromatic rings. The highest BCUT2D eigenvalue weighted by molar-refractivity contribution is 9.10. The van der Waals surface area contributed by atoms with E-state index in [2.05, 4.69) is 74.8 Å². The summed E-state index contributed by atoms with van der Waals surface area (Å²) in [4.78, 5) is 16.2. The molecule has 0 bridgehead atoms. The Morgan fingerprint density at radius 1 is 1.09 bits per heavy atom. The number of halogens is 2. The van der Waals surface area contributed by atoms with Crippen molar-refractivity contribution in [1.82, 2.24) is 10.3 Å². The first-order valence-corrected chi connectivity index (χ1v) is 16.1. The number of aliphatic hydroxyl groups excluding tert-OH is 1. The average Bonchev–Trinajstić information content (AvgIpc) is 3.62. The van der Waals surface area contributed by atoms with Crippen LogP contribution in [0.15, 0.2) is 65.1 Å². The van der Waals surface area contributed by atoms with E-state index < -0.39 is 18.1 Å². The maximum absolute atomic E-state index is 11.6. The first-order chi connectivity index (χ1) is 21.6. The number of rotatable bonds is 10. The number of carboxylic acid groups (broad SMARTS) is 1. The van der Waals surface area contributed by atoms with Crippen LogP contribution in [0.4, 0.5) is 0 Å². The minimum absolute atomic E-state index is 0.118. The van der Waals surface area contributed by atoms with Crippen LogP contribution in [0.1, 0.15) is 47.3 Å². The summed E-state index contributed by atoms with van der Waals surface area (Å²) >= 11 is 10.7. The number of fused-ring (bicyclic) bond motifs is 2. The molecule has 0 amide bonds. The zero-order valence-electron chi connectivity index (χ0n) is 25.1. The standard InChI is InChI=1S/C35H35BrClN3O5/c1-35(18-41,34(42)43)39-17-22-16-29(36)33(40-32(22)44-2)45-30-12-11-26-25(6-4-7-27(26)30)28-8-3-5-24(31(28)37)20-10-9-19-14-23(38)15-21(19)13-20/h3-10,13,16,23,30,39,41H,11-12,14-15,17-18,38H2,1-2H3,(H,42,43)/t23-,30-,35?/m0/s1. The molecule has 1 heterocycles. The lowest BCUT2D eigenvalue weighted by molar-refractivity contribution is -0.145. The number of aliphatic carboxylic acids is 1. The Kier molecular flexibility index (Phi) is 8.91. The van der Waals surface area contributed by atoms with Crippen LogP contribution < -0.4 is 20.5 Å². The number of pyridine rings is 1. The van der Waals surface area contributed by atoms with E-state index in [1.165, 1.54) is 30.7 Å². The largest absolute Gasteiger partial charge is 0.481 e. The molecule has 10 heteroatoms. The number of hydrogen-bond acceptors (Lipinski definition) is 7. The SMILES string of the molecule is COc1nc(O[C@H]2CCc3c(-c4cccc(-c5ccc6c(c5)C[C@@H](N)C6)c4Cl)cccc32)c(Br)cc1CNC(C)(CO)C(=O)O. The van der Waals surface area contributed by atoms with Gasteiger partial charge in [-0.15, -0.1) is 0 Å². The van der Waals surface area contributed by atoms with Crippen LogP contribution in [-0.2, 0) is 30.6 Å². The van der Waals surface area contributed by atoms with Crippen molar-refractivity contribution in [3.8, 4) is 34.0 Å². The molecule has 0 saturated carbocycles. The fourth-order valence-corrected chi connectivity index (χ4v) is 7.07. The predicted molar refractivity (Wildman–Crippen MR) is 178 cm³/mol. The number of carbonyl (C=O) groups is 1. The lowest BCUT2D eigenvalue weighted by Crippen LogP contribution is -2.52. The van der Waals surface area contributed by atoms with Gasteiger partial charge in [0.15, 0.2) is 0 Å². The molecule has 1 aromatic heterocycles. The Hall–Kier alpha value is -3.47. The third kappa shape index (κ3) is 6.07. The molecule has 8 nitrogen and oxygen atoms in total. The molecule has 3 aromatic carbocycles. The number of ether oxygens (including phenoxy) is 2. The molecule has 2 aliphatic rings. The van der Waals surface area contributed by atoms with Crippen molar-refractivity contribution < 1.29 is 24.5 Å². The summed E-state index contributed by atoms with van der Waals surface area (Å²) in [6.07, 6.45) is 3.16. The van der Waals surface area contributed by atoms with Crippen molar-refractivity contribution in [2.75, 3.05) is 13.7 Å². The van der Waals surface area contributed by atoms with Crippen LogP contribution in [0.5, 0.6) is 11.8 Å². The van der Waals surface area contributed by atoms with Gasteiger partial charge in [-0.2, -0.15) is 4.98 Å². The third-order valence-corrected chi connectivity index (χ3v) is 9.85. The molecular weight excluding hydrogens is 658 g/mol. The zero-order chi connectivity index (χ0) is 31.9. The molecule has 0 fully saturated rings. The lowest BCUT2D eigenvalue weighted by Gasteiger charge is -2.24. The summed E-state index contributed by atoms with van der Waals surface area (Å²) in [6, 6.07) is 20.9. The number of hydrogen-bond donors (Lipinski definition) is 4. The zero-order valence-corrected chi connectivity index (χ0v) is 27.4. The molecule has 0 spiro atoms. The van der Waals surface area contributed by atoms with Crippen LogP contribution in [0, 0.1) is 0 Å². The Balaban J connectivity index is 1.26. The summed E-state index contributed by atoms with van der Waals surface area (Å²) in [7, 11) is 1.50. The number of nitrogens with two attached hydrogens (primary N) is 1. The maximum atomic E-state index is 11.6. The topological polar surface area (TPSA) is 127 Å². The van der Waals surface area contributed by atoms with E-state index in [0.29, 0.717) is 21.8 Å². The summed E-state index contributed by atoms with van der Waals surface area (Å²) in [5, 5.41) is 22.6. The normalized spacial score (nSPS) is 18.3. The van der Waals surface area contributed by atoms with Gasteiger partial charge in [0.25, 0.3) is 0 Å². The Labute approximate surface area is 275 Å². The van der Waals surface area contributed by atoms with Gasteiger partial charge in [0.2, 0.25) is 11.8 Å². The number of benzene rings is 3. The minimum Gasteiger partial charge on any atom is -0.481 e. The maximum Gasteiger partial charge on any atom is 0.326 e. The van der Waals surface area contributed by atoms with Crippen molar-refractivity contribution >= 4 is 33.5 Å². The monoisotopic (exact) mass is 691 g/mol. The van der Waals surface area contributed by atoms with Crippen molar-refractivity contribution in [1.29, 1.82) is 0 Å². The lowest BCUT2D eigenvalue weighted by atomic mass is 9.93. The Morgan fingerprint density at radius 2 is 1.82 bits per heavy atom. The van der Waals surface area contributed by atoms with Crippen LogP contribution in [0.3, 0.4) is 0 Å². The van der Waals surface area contributed by atoms with Gasteiger partial charge in [-0.05, 0) is 88.0 Å². The first-order valence-electron chi connectivity index (χ1n) is 14.9. The molecule has 2 aliphatic carbocycles. The third-order valence-electron chi connectivity index (χ3n) is 8.87. The second-order valence-electron chi connectivity index (χ2n) is 11.9. The fraction of sp³-hybridized carbons (Fsp3) is 0.314. The molecule has 6 rings (SSSR count). The van der Waals surface area contributed by atoms with Crippen LogP contribution in [0.25, 0.3) is 22.3 Å². The van der Waals surface area contributed by atoms with E-state index in [-0.39, 0.29) is 18.7 Å². The van der Waals surface area contributed by atoms with E-state index in [1.807, 2.05) is 6.07 Å². The molecule has 0 aliphatic heterocycles. The smallest absolute Gasteiger partial charge is 0.326 e. The second kappa shape index (κ2) is 12.7. The van der Waals surface area contributed by atoms with Crippen LogP contribution in [-0.4, -0.2) is 46.5 Å². The van der Waals surface area contributed by atoms with Crippen LogP contribution >= 0.6 is 27.5 Å². The van der Waals surface area contributed by atoms with Gasteiger partial charge in [0.05, 0.1) is 23.2 Å². The van der Waals surface area contributed by atoms with Crippen LogP contribution in [0.2, 0.25) is 5.02 Å². The summed E-state index contributed by atoms with van der Waals surface area (Å²) in [6.45, 7) is 0.968. The molecule has 0 radical (unpaired) electrons. The molecule has 5 N–H and O–H groups in total. The van der Waals surface area contributed by atoms with Gasteiger partial charge >= 0.3 is 5.97 Å². The van der Waals surface area contributed by atoms with Crippen molar-refractivity contribution in [3.63, 3.8) is 0 Å². The quantitative estimate of drug-likeness (QED) is 0.154. The van der Waals surface area contributed by atoms with Crippen molar-refractivity contribution in [2.24, 2.45) is 5.73 Å². The van der Waals surface area contributed by atoms with Gasteiger partial charge in [-0.1, -0.05) is 66.2 Å². The number of aliphatic hydroxyl groups is 1. The van der Waals surface area contributed by atoms with E-state index >= 15 is 0 Å². The molecule has 1 unspecified atom stereocenters. The Bertz CT molecular complexity index is 1780. The van der Waals surface area contributed by atoms with E-state index in [0.717, 1.165) is 58.5 Å². The number of methoxy groups -OCH3 is 1. The van der Waals surface area contributed by atoms with E-state index in [4.69, 9.17) is 26.8 Å². The second-order valence-corrected chi connectivity index (χ2v) is 13.2. The molecular formula is C35H35BrClN3O5. The van der Waals surface area contributed by atoms with Gasteiger partial charge in [0, 0.05) is 29.3 Å². The minimum atomic E-state index is -1.50. The highest BCUT2D eigenvalue weighted by atomic mass is 79.9. The highest BCUT2D eigenvalue weighted by Crippen LogP contribution is 2.45. The van der Waals surface area contributed by atoms with Crippen molar-refractivity contribution in [3.05, 3.63) is 98.0 Å². The molecule has 3 atom stereocenters. The number of aromatic nitrogens is 1. The molecule has 45 heavy (non-hydrogen) atoms. The van der Waals surface area contributed by atoms with E-state index in [1.54, 1.807) is 6.07 Å². The number of nitrogens with zero attached hydrogens (tertiary/aromatic N) is 1. The molecule has 0 saturated heterocycles. The fourth-order valence-electron chi connectivity index (χ4n) is 6.28. The van der Waals surface area contributed by atoms with Gasteiger partial charge in [-0.3, -0.25) is 10.1 Å².